The Kier molecular flexibility index (Phi) is 8.05. The molecule has 2 N–H and O–H groups in total. The SMILES string of the molecule is CCCOc1cccc(CNC(=NC)NCCc2ccc(Cl)nc2)c1. The molecule has 0 aliphatic heterocycles. The molecular weight excluding hydrogens is 336 g/mol. The van der Waals surface area contributed by atoms with Crippen LogP contribution in [0, 0.1) is 0 Å². The molecule has 0 aliphatic rings. The fourth-order valence-corrected chi connectivity index (χ4v) is 2.36. The first-order valence-corrected chi connectivity index (χ1v) is 8.85. The van der Waals surface area contributed by atoms with Crippen molar-refractivity contribution in [1.29, 1.82) is 0 Å². The van der Waals surface area contributed by atoms with E-state index in [1.165, 1.54) is 0 Å². The molecule has 0 bridgehead atoms. The van der Waals surface area contributed by atoms with Crippen molar-refractivity contribution in [1.82, 2.24) is 15.6 Å². The molecule has 0 fully saturated rings. The van der Waals surface area contributed by atoms with Crippen molar-refractivity contribution in [2.24, 2.45) is 4.99 Å². The van der Waals surface area contributed by atoms with Gasteiger partial charge in [0.25, 0.3) is 0 Å². The highest BCUT2D eigenvalue weighted by Crippen LogP contribution is 2.13. The van der Waals surface area contributed by atoms with Crippen LogP contribution in [-0.2, 0) is 13.0 Å². The van der Waals surface area contributed by atoms with Crippen molar-refractivity contribution in [2.75, 3.05) is 20.2 Å². The van der Waals surface area contributed by atoms with E-state index in [1.807, 2.05) is 18.2 Å². The summed E-state index contributed by atoms with van der Waals surface area (Å²) in [6.07, 6.45) is 3.65. The number of aromatic nitrogens is 1. The van der Waals surface area contributed by atoms with Gasteiger partial charge >= 0.3 is 0 Å². The van der Waals surface area contributed by atoms with E-state index in [0.717, 1.165) is 48.8 Å². The van der Waals surface area contributed by atoms with Crippen LogP contribution in [0.1, 0.15) is 24.5 Å². The zero-order valence-electron chi connectivity index (χ0n) is 14.8. The number of hydrogen-bond acceptors (Lipinski definition) is 3. The van der Waals surface area contributed by atoms with Gasteiger partial charge in [0.1, 0.15) is 10.9 Å². The van der Waals surface area contributed by atoms with Crippen LogP contribution < -0.4 is 15.4 Å². The molecule has 0 spiro atoms. The maximum Gasteiger partial charge on any atom is 0.191 e. The first-order chi connectivity index (χ1) is 12.2. The molecule has 2 aromatic rings. The second kappa shape index (κ2) is 10.6. The van der Waals surface area contributed by atoms with Gasteiger partial charge in [-0.05, 0) is 42.2 Å². The number of pyridine rings is 1. The van der Waals surface area contributed by atoms with Crippen LogP contribution in [0.3, 0.4) is 0 Å². The predicted octanol–water partition coefficient (Wildman–Crippen LogP) is 3.43. The summed E-state index contributed by atoms with van der Waals surface area (Å²) in [5.41, 5.74) is 2.28. The van der Waals surface area contributed by atoms with E-state index in [9.17, 15) is 0 Å². The van der Waals surface area contributed by atoms with Gasteiger partial charge in [-0.1, -0.05) is 36.7 Å². The van der Waals surface area contributed by atoms with Crippen molar-refractivity contribution >= 4 is 17.6 Å². The van der Waals surface area contributed by atoms with Gasteiger partial charge in [0.05, 0.1) is 6.61 Å². The van der Waals surface area contributed by atoms with Crippen LogP contribution in [0.4, 0.5) is 0 Å². The van der Waals surface area contributed by atoms with Gasteiger partial charge in [0.2, 0.25) is 0 Å². The number of aliphatic imine (C=N–C) groups is 1. The highest BCUT2D eigenvalue weighted by molar-refractivity contribution is 6.29. The highest BCUT2D eigenvalue weighted by Gasteiger charge is 2.01. The summed E-state index contributed by atoms with van der Waals surface area (Å²) in [6.45, 7) is 4.29. The Hall–Kier alpha value is -2.27. The van der Waals surface area contributed by atoms with E-state index in [0.29, 0.717) is 11.7 Å². The third-order valence-electron chi connectivity index (χ3n) is 3.55. The van der Waals surface area contributed by atoms with Crippen LogP contribution >= 0.6 is 11.6 Å². The quantitative estimate of drug-likeness (QED) is 0.430. The van der Waals surface area contributed by atoms with Gasteiger partial charge in [0, 0.05) is 26.3 Å². The molecular formula is C19H25ClN4O. The molecule has 1 aromatic heterocycles. The smallest absolute Gasteiger partial charge is 0.191 e. The van der Waals surface area contributed by atoms with Crippen LogP contribution in [0.2, 0.25) is 5.15 Å². The van der Waals surface area contributed by atoms with Crippen LogP contribution in [0.15, 0.2) is 47.6 Å². The van der Waals surface area contributed by atoms with E-state index in [2.05, 4.69) is 39.7 Å². The van der Waals surface area contributed by atoms with E-state index >= 15 is 0 Å². The predicted molar refractivity (Wildman–Crippen MR) is 103 cm³/mol. The third-order valence-corrected chi connectivity index (χ3v) is 3.77. The van der Waals surface area contributed by atoms with E-state index < -0.39 is 0 Å². The molecule has 0 unspecified atom stereocenters. The van der Waals surface area contributed by atoms with Gasteiger partial charge in [-0.3, -0.25) is 4.99 Å². The Bertz CT molecular complexity index is 673. The van der Waals surface area contributed by atoms with Gasteiger partial charge in [0.15, 0.2) is 5.96 Å². The second-order valence-electron chi connectivity index (χ2n) is 5.59. The number of ether oxygens (including phenoxy) is 1. The lowest BCUT2D eigenvalue weighted by Crippen LogP contribution is -2.37. The topological polar surface area (TPSA) is 58.5 Å². The number of hydrogen-bond donors (Lipinski definition) is 2. The molecule has 0 saturated carbocycles. The summed E-state index contributed by atoms with van der Waals surface area (Å²) in [4.78, 5) is 8.33. The molecule has 0 aliphatic carbocycles. The summed E-state index contributed by atoms with van der Waals surface area (Å²) in [5.74, 6) is 1.67. The molecule has 1 aromatic carbocycles. The van der Waals surface area contributed by atoms with Gasteiger partial charge < -0.3 is 15.4 Å². The first kappa shape index (κ1) is 19.1. The highest BCUT2D eigenvalue weighted by atomic mass is 35.5. The molecule has 0 saturated heterocycles. The third kappa shape index (κ3) is 7.01. The zero-order valence-corrected chi connectivity index (χ0v) is 15.5. The lowest BCUT2D eigenvalue weighted by Gasteiger charge is -2.13. The summed E-state index contributed by atoms with van der Waals surface area (Å²) < 4.78 is 5.66. The molecule has 6 heteroatoms. The number of benzene rings is 1. The number of nitrogens with one attached hydrogen (secondary N) is 2. The number of nitrogens with zero attached hydrogens (tertiary/aromatic N) is 2. The fourth-order valence-electron chi connectivity index (χ4n) is 2.25. The first-order valence-electron chi connectivity index (χ1n) is 8.48. The Morgan fingerprint density at radius 1 is 1.20 bits per heavy atom. The number of halogens is 1. The molecule has 1 heterocycles. The molecule has 0 amide bonds. The van der Waals surface area contributed by atoms with Crippen molar-refractivity contribution in [3.63, 3.8) is 0 Å². The summed E-state index contributed by atoms with van der Waals surface area (Å²) in [5, 5.41) is 7.12. The lowest BCUT2D eigenvalue weighted by molar-refractivity contribution is 0.317. The minimum atomic E-state index is 0.513. The fraction of sp³-hybridized carbons (Fsp3) is 0.368. The Labute approximate surface area is 154 Å². The van der Waals surface area contributed by atoms with Crippen LogP contribution in [-0.4, -0.2) is 31.1 Å². The van der Waals surface area contributed by atoms with Gasteiger partial charge in [-0.25, -0.2) is 4.98 Å². The summed E-state index contributed by atoms with van der Waals surface area (Å²) in [7, 11) is 1.76. The minimum Gasteiger partial charge on any atom is -0.494 e. The summed E-state index contributed by atoms with van der Waals surface area (Å²) in [6, 6.07) is 11.9. The van der Waals surface area contributed by atoms with E-state index in [-0.39, 0.29) is 0 Å². The van der Waals surface area contributed by atoms with Crippen molar-refractivity contribution < 1.29 is 4.74 Å². The van der Waals surface area contributed by atoms with Crippen LogP contribution in [0.25, 0.3) is 0 Å². The van der Waals surface area contributed by atoms with Crippen LogP contribution in [0.5, 0.6) is 5.75 Å². The molecule has 25 heavy (non-hydrogen) atoms. The van der Waals surface area contributed by atoms with Crippen molar-refractivity contribution in [2.45, 2.75) is 26.3 Å². The van der Waals surface area contributed by atoms with Gasteiger partial charge in [-0.15, -0.1) is 0 Å². The van der Waals surface area contributed by atoms with E-state index in [1.54, 1.807) is 19.3 Å². The van der Waals surface area contributed by atoms with Crippen molar-refractivity contribution in [3.05, 3.63) is 58.9 Å². The lowest BCUT2D eigenvalue weighted by atomic mass is 10.2. The minimum absolute atomic E-state index is 0.513. The molecule has 134 valence electrons. The maximum atomic E-state index is 5.79. The number of rotatable bonds is 8. The summed E-state index contributed by atoms with van der Waals surface area (Å²) >= 11 is 5.79. The monoisotopic (exact) mass is 360 g/mol. The maximum absolute atomic E-state index is 5.79. The zero-order chi connectivity index (χ0) is 17.9. The normalized spacial score (nSPS) is 11.2. The van der Waals surface area contributed by atoms with Gasteiger partial charge in [-0.2, -0.15) is 0 Å². The average Bonchev–Trinajstić information content (AvgIpc) is 2.64. The Morgan fingerprint density at radius 3 is 2.80 bits per heavy atom. The average molecular weight is 361 g/mol. The van der Waals surface area contributed by atoms with Crippen molar-refractivity contribution in [3.8, 4) is 5.75 Å². The Balaban J connectivity index is 1.77. The largest absolute Gasteiger partial charge is 0.494 e. The molecule has 0 atom stereocenters. The number of guanidine groups is 1. The second-order valence-corrected chi connectivity index (χ2v) is 5.97. The Morgan fingerprint density at radius 2 is 2.08 bits per heavy atom. The molecule has 0 radical (unpaired) electrons. The standard InChI is InChI=1S/C19H25ClN4O/c1-3-11-25-17-6-4-5-16(12-17)14-24-19(21-2)22-10-9-15-7-8-18(20)23-13-15/h4-8,12-13H,3,9-11,14H2,1-2H3,(H2,21,22,24). The molecule has 2 rings (SSSR count). The molecule has 5 nitrogen and oxygen atoms in total. The van der Waals surface area contributed by atoms with E-state index in [4.69, 9.17) is 16.3 Å².